The number of carbonyl (C=O) groups excluding carboxylic acids is 4. The Hall–Kier alpha value is -5.55. The zero-order valence-corrected chi connectivity index (χ0v) is 22.7. The fourth-order valence-electron chi connectivity index (χ4n) is 4.16. The maximum atomic E-state index is 13.3. The Bertz CT molecular complexity index is 1700. The van der Waals surface area contributed by atoms with Crippen molar-refractivity contribution in [3.05, 3.63) is 141 Å². The van der Waals surface area contributed by atoms with Crippen LogP contribution in [0, 0.1) is 10.1 Å². The summed E-state index contributed by atoms with van der Waals surface area (Å²) in [7, 11) is 0. The van der Waals surface area contributed by atoms with Gasteiger partial charge in [0.1, 0.15) is 5.70 Å². The Balaban J connectivity index is 1.32. The third-order valence-corrected chi connectivity index (χ3v) is 7.25. The average Bonchev–Trinajstić information content (AvgIpc) is 3.25. The number of amides is 4. The molecule has 0 aliphatic carbocycles. The summed E-state index contributed by atoms with van der Waals surface area (Å²) in [4.78, 5) is 63.9. The van der Waals surface area contributed by atoms with E-state index in [0.29, 0.717) is 32.8 Å². The second kappa shape index (κ2) is 12.3. The SMILES string of the molecule is O=C(Nc1cccc(SCN2C(=O)c3ccccc3C2=O)c1)/C(=C\c1ccc([N+](=O)[O-])cc1)NC(=O)c1ccccc1. The molecule has 10 nitrogen and oxygen atoms in total. The van der Waals surface area contributed by atoms with E-state index in [0.717, 1.165) is 0 Å². The molecule has 2 N–H and O–H groups in total. The lowest BCUT2D eigenvalue weighted by molar-refractivity contribution is -0.384. The summed E-state index contributed by atoms with van der Waals surface area (Å²) in [5.41, 5.74) is 1.76. The van der Waals surface area contributed by atoms with Crippen LogP contribution in [0.15, 0.2) is 114 Å². The Labute approximate surface area is 244 Å². The van der Waals surface area contributed by atoms with Crippen LogP contribution in [-0.4, -0.2) is 39.3 Å². The topological polar surface area (TPSA) is 139 Å². The highest BCUT2D eigenvalue weighted by Gasteiger charge is 2.34. The van der Waals surface area contributed by atoms with E-state index >= 15 is 0 Å². The highest BCUT2D eigenvalue weighted by atomic mass is 32.2. The minimum absolute atomic E-state index is 0.0817. The second-order valence-electron chi connectivity index (χ2n) is 9.07. The average molecular weight is 579 g/mol. The van der Waals surface area contributed by atoms with Gasteiger partial charge >= 0.3 is 0 Å². The number of benzene rings is 4. The van der Waals surface area contributed by atoms with E-state index in [1.165, 1.54) is 47.0 Å². The van der Waals surface area contributed by atoms with Gasteiger partial charge in [0.15, 0.2) is 0 Å². The Kier molecular flexibility index (Phi) is 8.21. The molecule has 1 aliphatic rings. The lowest BCUT2D eigenvalue weighted by atomic mass is 10.1. The van der Waals surface area contributed by atoms with Crippen molar-refractivity contribution in [2.24, 2.45) is 0 Å². The molecule has 0 saturated carbocycles. The first kappa shape index (κ1) is 28.0. The van der Waals surface area contributed by atoms with E-state index in [1.807, 2.05) is 0 Å². The summed E-state index contributed by atoms with van der Waals surface area (Å²) < 4.78 is 0. The molecule has 1 aliphatic heterocycles. The number of hydrogen-bond acceptors (Lipinski definition) is 7. The fraction of sp³-hybridized carbons (Fsp3) is 0.0323. The van der Waals surface area contributed by atoms with E-state index in [4.69, 9.17) is 0 Å². The molecular weight excluding hydrogens is 556 g/mol. The predicted molar refractivity (Wildman–Crippen MR) is 158 cm³/mol. The van der Waals surface area contributed by atoms with E-state index in [2.05, 4.69) is 10.6 Å². The number of fused-ring (bicyclic) bond motifs is 1. The molecule has 1 heterocycles. The van der Waals surface area contributed by atoms with Crippen molar-refractivity contribution >= 4 is 52.8 Å². The van der Waals surface area contributed by atoms with Crippen molar-refractivity contribution in [3.63, 3.8) is 0 Å². The Morgan fingerprint density at radius 1 is 0.833 bits per heavy atom. The van der Waals surface area contributed by atoms with Gasteiger partial charge in [0.05, 0.1) is 21.9 Å². The van der Waals surface area contributed by atoms with E-state index in [1.54, 1.807) is 78.9 Å². The molecule has 0 bridgehead atoms. The van der Waals surface area contributed by atoms with Gasteiger partial charge in [0, 0.05) is 28.3 Å². The normalized spacial score (nSPS) is 12.6. The minimum atomic E-state index is -0.625. The molecule has 0 fully saturated rings. The fourth-order valence-corrected chi connectivity index (χ4v) is 5.06. The molecule has 11 heteroatoms. The first-order valence-corrected chi connectivity index (χ1v) is 13.6. The first-order chi connectivity index (χ1) is 20.3. The number of imide groups is 1. The van der Waals surface area contributed by atoms with E-state index in [9.17, 15) is 29.3 Å². The van der Waals surface area contributed by atoms with Crippen molar-refractivity contribution in [3.8, 4) is 0 Å². The number of non-ortho nitro benzene ring substituents is 1. The highest BCUT2D eigenvalue weighted by Crippen LogP contribution is 2.28. The number of nitrogens with one attached hydrogen (secondary N) is 2. The number of carbonyl (C=O) groups is 4. The zero-order valence-electron chi connectivity index (χ0n) is 21.9. The van der Waals surface area contributed by atoms with Crippen molar-refractivity contribution < 1.29 is 24.1 Å². The van der Waals surface area contributed by atoms with Gasteiger partial charge in [-0.1, -0.05) is 36.4 Å². The molecule has 0 saturated heterocycles. The van der Waals surface area contributed by atoms with Crippen LogP contribution in [0.5, 0.6) is 0 Å². The Morgan fingerprint density at radius 3 is 2.12 bits per heavy atom. The summed E-state index contributed by atoms with van der Waals surface area (Å²) >= 11 is 1.25. The van der Waals surface area contributed by atoms with E-state index in [-0.39, 0.29) is 29.1 Å². The van der Waals surface area contributed by atoms with E-state index < -0.39 is 16.7 Å². The standard InChI is InChI=1S/C31H22N4O6S/c36-28(21-7-2-1-3-8-21)33-27(17-20-13-15-23(16-14-20)35(40)41)29(37)32-22-9-6-10-24(18-22)42-19-34-30(38)25-11-4-5-12-26(25)31(34)39/h1-18H,19H2,(H,32,37)(H,33,36)/b27-17+. The van der Waals surface area contributed by atoms with Gasteiger partial charge in [0.2, 0.25) is 0 Å². The zero-order chi connectivity index (χ0) is 29.6. The number of nitro groups is 1. The van der Waals surface area contributed by atoms with Crippen molar-refractivity contribution in [1.29, 1.82) is 0 Å². The van der Waals surface area contributed by atoms with Gasteiger partial charge in [-0.25, -0.2) is 0 Å². The van der Waals surface area contributed by atoms with Crippen molar-refractivity contribution in [1.82, 2.24) is 10.2 Å². The third-order valence-electron chi connectivity index (χ3n) is 6.27. The van der Waals surface area contributed by atoms with Crippen molar-refractivity contribution in [2.45, 2.75) is 4.90 Å². The lowest BCUT2D eigenvalue weighted by Gasteiger charge is -2.14. The summed E-state index contributed by atoms with van der Waals surface area (Å²) in [6.45, 7) is 0. The van der Waals surface area contributed by atoms with Crippen molar-refractivity contribution in [2.75, 3.05) is 11.2 Å². The van der Waals surface area contributed by atoms with Gasteiger partial charge in [-0.2, -0.15) is 0 Å². The van der Waals surface area contributed by atoms with Gasteiger partial charge in [-0.15, -0.1) is 11.8 Å². The molecule has 4 amide bonds. The smallest absolute Gasteiger partial charge is 0.272 e. The maximum absolute atomic E-state index is 13.3. The molecule has 4 aromatic rings. The number of anilines is 1. The maximum Gasteiger partial charge on any atom is 0.272 e. The van der Waals surface area contributed by atoms with Crippen LogP contribution in [0.4, 0.5) is 11.4 Å². The lowest BCUT2D eigenvalue weighted by Crippen LogP contribution is -2.30. The quantitative estimate of drug-likeness (QED) is 0.0897. The molecule has 0 unspecified atom stereocenters. The predicted octanol–water partition coefficient (Wildman–Crippen LogP) is 5.35. The van der Waals surface area contributed by atoms with Gasteiger partial charge < -0.3 is 10.6 Å². The Morgan fingerprint density at radius 2 is 1.48 bits per heavy atom. The molecule has 4 aromatic carbocycles. The van der Waals surface area contributed by atoms with Crippen LogP contribution in [0.2, 0.25) is 0 Å². The summed E-state index contributed by atoms with van der Waals surface area (Å²) in [6.07, 6.45) is 1.42. The van der Waals surface area contributed by atoms with Gasteiger partial charge in [-0.05, 0) is 66.2 Å². The third kappa shape index (κ3) is 6.26. The van der Waals surface area contributed by atoms with Crippen LogP contribution in [0.25, 0.3) is 6.08 Å². The molecule has 42 heavy (non-hydrogen) atoms. The highest BCUT2D eigenvalue weighted by molar-refractivity contribution is 7.99. The van der Waals surface area contributed by atoms with Gasteiger partial charge in [-0.3, -0.25) is 34.2 Å². The molecule has 5 rings (SSSR count). The minimum Gasteiger partial charge on any atom is -0.321 e. The molecular formula is C31H22N4O6S. The second-order valence-corrected chi connectivity index (χ2v) is 10.1. The summed E-state index contributed by atoms with van der Waals surface area (Å²) in [6, 6.07) is 27.4. The van der Waals surface area contributed by atoms with Crippen LogP contribution in [-0.2, 0) is 4.79 Å². The molecule has 0 atom stereocenters. The molecule has 0 radical (unpaired) electrons. The van der Waals surface area contributed by atoms with Crippen LogP contribution in [0.3, 0.4) is 0 Å². The number of thioether (sulfide) groups is 1. The number of nitrogens with zero attached hydrogens (tertiary/aromatic N) is 2. The molecule has 0 aromatic heterocycles. The molecule has 0 spiro atoms. The first-order valence-electron chi connectivity index (χ1n) is 12.6. The number of nitro benzene ring substituents is 1. The van der Waals surface area contributed by atoms with Crippen LogP contribution < -0.4 is 10.6 Å². The monoisotopic (exact) mass is 578 g/mol. The number of hydrogen-bond donors (Lipinski definition) is 2. The van der Waals surface area contributed by atoms with Crippen LogP contribution >= 0.6 is 11.8 Å². The van der Waals surface area contributed by atoms with Gasteiger partial charge in [0.25, 0.3) is 29.3 Å². The number of rotatable bonds is 9. The molecule has 208 valence electrons. The summed E-state index contributed by atoms with van der Waals surface area (Å²) in [5, 5.41) is 16.4. The largest absolute Gasteiger partial charge is 0.321 e. The van der Waals surface area contributed by atoms with Crippen LogP contribution in [0.1, 0.15) is 36.6 Å². The summed E-state index contributed by atoms with van der Waals surface area (Å²) in [5.74, 6) is -1.77.